The molecule has 88 valence electrons. The van der Waals surface area contributed by atoms with Crippen molar-refractivity contribution in [3.8, 4) is 6.07 Å². The summed E-state index contributed by atoms with van der Waals surface area (Å²) < 4.78 is 0. The summed E-state index contributed by atoms with van der Waals surface area (Å²) in [5, 5.41) is 13.6. The van der Waals surface area contributed by atoms with Crippen LogP contribution >= 0.6 is 0 Å². The Morgan fingerprint density at radius 2 is 2.00 bits per heavy atom. The van der Waals surface area contributed by atoms with Crippen LogP contribution in [-0.4, -0.2) is 17.9 Å². The molecule has 0 radical (unpaired) electrons. The summed E-state index contributed by atoms with van der Waals surface area (Å²) in [6.45, 7) is 3.53. The third-order valence-electron chi connectivity index (χ3n) is 1.88. The van der Waals surface area contributed by atoms with Gasteiger partial charge in [0, 0.05) is 11.7 Å². The molecule has 0 aliphatic rings. The molecule has 1 aromatic rings. The highest BCUT2D eigenvalue weighted by atomic mass is 16.2. The number of carbonyl (C=O) groups excluding carboxylic acids is 2. The van der Waals surface area contributed by atoms with Crippen molar-refractivity contribution in [3.05, 3.63) is 29.8 Å². The molecule has 5 nitrogen and oxygen atoms in total. The molecule has 0 bridgehead atoms. The summed E-state index contributed by atoms with van der Waals surface area (Å²) in [5.74, 6) is -1.43. The van der Waals surface area contributed by atoms with Gasteiger partial charge in [-0.3, -0.25) is 9.59 Å². The predicted octanol–water partition coefficient (Wildman–Crippen LogP) is 1.02. The van der Waals surface area contributed by atoms with E-state index in [0.29, 0.717) is 11.3 Å². The Balaban J connectivity index is 2.68. The number of hydrogen-bond acceptors (Lipinski definition) is 3. The summed E-state index contributed by atoms with van der Waals surface area (Å²) in [7, 11) is 0. The molecule has 2 N–H and O–H groups in total. The molecular weight excluding hydrogens is 218 g/mol. The summed E-state index contributed by atoms with van der Waals surface area (Å²) in [5.41, 5.74) is 0.847. The van der Waals surface area contributed by atoms with Crippen LogP contribution in [0.2, 0.25) is 0 Å². The highest BCUT2D eigenvalue weighted by Gasteiger charge is 2.14. The third-order valence-corrected chi connectivity index (χ3v) is 1.88. The number of benzene rings is 1. The van der Waals surface area contributed by atoms with Crippen molar-refractivity contribution in [2.75, 3.05) is 5.32 Å². The Hall–Kier alpha value is -2.35. The van der Waals surface area contributed by atoms with Crippen molar-refractivity contribution in [1.29, 1.82) is 5.26 Å². The van der Waals surface area contributed by atoms with Crippen molar-refractivity contribution in [2.24, 2.45) is 0 Å². The molecule has 0 fully saturated rings. The van der Waals surface area contributed by atoms with Gasteiger partial charge in [0.15, 0.2) is 0 Å². The van der Waals surface area contributed by atoms with E-state index < -0.39 is 11.8 Å². The number of nitrogens with zero attached hydrogens (tertiary/aromatic N) is 1. The van der Waals surface area contributed by atoms with Gasteiger partial charge in [0.2, 0.25) is 0 Å². The Labute approximate surface area is 99.4 Å². The summed E-state index contributed by atoms with van der Waals surface area (Å²) in [6, 6.07) is 8.21. The summed E-state index contributed by atoms with van der Waals surface area (Å²) in [4.78, 5) is 22.8. The van der Waals surface area contributed by atoms with E-state index >= 15 is 0 Å². The maximum absolute atomic E-state index is 11.4. The van der Waals surface area contributed by atoms with Gasteiger partial charge in [-0.15, -0.1) is 0 Å². The Morgan fingerprint density at radius 1 is 1.29 bits per heavy atom. The van der Waals surface area contributed by atoms with E-state index in [0.717, 1.165) is 0 Å². The molecular formula is C12H13N3O2. The minimum atomic E-state index is -0.742. The van der Waals surface area contributed by atoms with Gasteiger partial charge in [-0.1, -0.05) is 6.07 Å². The van der Waals surface area contributed by atoms with Crippen molar-refractivity contribution < 1.29 is 9.59 Å². The fraction of sp³-hybridized carbons (Fsp3) is 0.250. The van der Waals surface area contributed by atoms with Crippen molar-refractivity contribution in [1.82, 2.24) is 5.32 Å². The fourth-order valence-corrected chi connectivity index (χ4v) is 1.18. The predicted molar refractivity (Wildman–Crippen MR) is 63.1 cm³/mol. The number of nitriles is 1. The van der Waals surface area contributed by atoms with E-state index in [-0.39, 0.29) is 6.04 Å². The zero-order valence-electron chi connectivity index (χ0n) is 9.65. The minimum Gasteiger partial charge on any atom is -0.346 e. The number of amides is 2. The number of anilines is 1. The highest BCUT2D eigenvalue weighted by molar-refractivity contribution is 6.39. The van der Waals surface area contributed by atoms with E-state index in [4.69, 9.17) is 5.26 Å². The van der Waals surface area contributed by atoms with E-state index in [1.165, 1.54) is 6.07 Å². The molecule has 0 spiro atoms. The lowest BCUT2D eigenvalue weighted by atomic mass is 10.2. The lowest BCUT2D eigenvalue weighted by molar-refractivity contribution is -0.136. The van der Waals surface area contributed by atoms with Crippen molar-refractivity contribution >= 4 is 17.5 Å². The standard InChI is InChI=1S/C12H13N3O2/c1-8(2)14-11(16)12(17)15-10-5-3-4-9(6-10)7-13/h3-6,8H,1-2H3,(H,14,16)(H,15,17). The van der Waals surface area contributed by atoms with E-state index in [2.05, 4.69) is 10.6 Å². The zero-order chi connectivity index (χ0) is 12.8. The van der Waals surface area contributed by atoms with E-state index in [1.54, 1.807) is 32.0 Å². The average molecular weight is 231 g/mol. The minimum absolute atomic E-state index is 0.0984. The second-order valence-electron chi connectivity index (χ2n) is 3.77. The second kappa shape index (κ2) is 5.66. The largest absolute Gasteiger partial charge is 0.346 e. The molecule has 0 aliphatic heterocycles. The van der Waals surface area contributed by atoms with Gasteiger partial charge in [0.05, 0.1) is 11.6 Å². The van der Waals surface area contributed by atoms with Crippen LogP contribution in [0.15, 0.2) is 24.3 Å². The molecule has 1 rings (SSSR count). The molecule has 0 aliphatic carbocycles. The van der Waals surface area contributed by atoms with Gasteiger partial charge in [0.25, 0.3) is 0 Å². The highest BCUT2D eigenvalue weighted by Crippen LogP contribution is 2.09. The topological polar surface area (TPSA) is 82.0 Å². The van der Waals surface area contributed by atoms with Crippen LogP contribution in [0.4, 0.5) is 5.69 Å². The first-order valence-corrected chi connectivity index (χ1v) is 5.15. The molecule has 0 heterocycles. The first-order chi connectivity index (χ1) is 8.02. The zero-order valence-corrected chi connectivity index (χ0v) is 9.65. The molecule has 17 heavy (non-hydrogen) atoms. The van der Waals surface area contributed by atoms with Gasteiger partial charge in [-0.05, 0) is 32.0 Å². The van der Waals surface area contributed by atoms with Crippen molar-refractivity contribution in [2.45, 2.75) is 19.9 Å². The molecule has 5 heteroatoms. The van der Waals surface area contributed by atoms with Gasteiger partial charge in [0.1, 0.15) is 0 Å². The molecule has 0 atom stereocenters. The number of nitrogens with one attached hydrogen (secondary N) is 2. The monoisotopic (exact) mass is 231 g/mol. The third kappa shape index (κ3) is 3.95. The smallest absolute Gasteiger partial charge is 0.313 e. The maximum atomic E-state index is 11.4. The van der Waals surface area contributed by atoms with Crippen LogP contribution in [0.5, 0.6) is 0 Å². The lowest BCUT2D eigenvalue weighted by Crippen LogP contribution is -2.39. The van der Waals surface area contributed by atoms with Crippen LogP contribution in [0, 0.1) is 11.3 Å². The second-order valence-corrected chi connectivity index (χ2v) is 3.77. The molecule has 0 saturated heterocycles. The van der Waals surface area contributed by atoms with Gasteiger partial charge in [-0.25, -0.2) is 0 Å². The van der Waals surface area contributed by atoms with Crippen LogP contribution in [0.3, 0.4) is 0 Å². The van der Waals surface area contributed by atoms with E-state index in [9.17, 15) is 9.59 Å². The first kappa shape index (κ1) is 12.7. The Bertz CT molecular complexity index is 475. The normalized spacial score (nSPS) is 9.53. The number of rotatable bonds is 2. The first-order valence-electron chi connectivity index (χ1n) is 5.15. The van der Waals surface area contributed by atoms with Gasteiger partial charge >= 0.3 is 11.8 Å². The fourth-order valence-electron chi connectivity index (χ4n) is 1.18. The molecule has 1 aromatic carbocycles. The summed E-state index contributed by atoms with van der Waals surface area (Å²) >= 11 is 0. The summed E-state index contributed by atoms with van der Waals surface area (Å²) in [6.07, 6.45) is 0. The van der Waals surface area contributed by atoms with E-state index in [1.807, 2.05) is 6.07 Å². The lowest BCUT2D eigenvalue weighted by Gasteiger charge is -2.08. The molecule has 2 amide bonds. The number of carbonyl (C=O) groups is 2. The van der Waals surface area contributed by atoms with Crippen LogP contribution in [0.1, 0.15) is 19.4 Å². The van der Waals surface area contributed by atoms with Crippen LogP contribution in [-0.2, 0) is 9.59 Å². The Kier molecular flexibility index (Phi) is 4.23. The van der Waals surface area contributed by atoms with Crippen LogP contribution in [0.25, 0.3) is 0 Å². The molecule has 0 aromatic heterocycles. The van der Waals surface area contributed by atoms with Gasteiger partial charge in [-0.2, -0.15) is 5.26 Å². The molecule has 0 saturated carbocycles. The SMILES string of the molecule is CC(C)NC(=O)C(=O)Nc1cccc(C#N)c1. The van der Waals surface area contributed by atoms with Crippen LogP contribution < -0.4 is 10.6 Å². The number of hydrogen-bond donors (Lipinski definition) is 2. The average Bonchev–Trinajstić information content (AvgIpc) is 2.28. The van der Waals surface area contributed by atoms with Crippen molar-refractivity contribution in [3.63, 3.8) is 0 Å². The molecule has 0 unspecified atom stereocenters. The maximum Gasteiger partial charge on any atom is 0.313 e. The van der Waals surface area contributed by atoms with Gasteiger partial charge < -0.3 is 10.6 Å². The quantitative estimate of drug-likeness (QED) is 0.745. The Morgan fingerprint density at radius 3 is 2.59 bits per heavy atom.